The molecule has 0 bridgehead atoms. The lowest BCUT2D eigenvalue weighted by Gasteiger charge is -2.30. The SMILES string of the molecule is O[C@H]1C=C[C@H](C2CCCCC2)CC1. The topological polar surface area (TPSA) is 20.2 Å². The van der Waals surface area contributed by atoms with Gasteiger partial charge >= 0.3 is 0 Å². The first-order valence-corrected chi connectivity index (χ1v) is 5.72. The second-order valence-electron chi connectivity index (χ2n) is 4.59. The van der Waals surface area contributed by atoms with Gasteiger partial charge in [0.25, 0.3) is 0 Å². The van der Waals surface area contributed by atoms with Gasteiger partial charge in [-0.25, -0.2) is 0 Å². The van der Waals surface area contributed by atoms with E-state index in [1.807, 2.05) is 6.08 Å². The van der Waals surface area contributed by atoms with E-state index in [1.54, 1.807) is 0 Å². The summed E-state index contributed by atoms with van der Waals surface area (Å²) in [6.07, 6.45) is 13.5. The Bertz CT molecular complexity index is 180. The Balaban J connectivity index is 1.89. The van der Waals surface area contributed by atoms with Gasteiger partial charge in [0.05, 0.1) is 6.10 Å². The van der Waals surface area contributed by atoms with E-state index in [0.717, 1.165) is 18.3 Å². The van der Waals surface area contributed by atoms with Crippen molar-refractivity contribution < 1.29 is 5.11 Å². The van der Waals surface area contributed by atoms with Crippen LogP contribution in [0.4, 0.5) is 0 Å². The predicted molar refractivity (Wildman–Crippen MR) is 54.4 cm³/mol. The molecular formula is C12H20O. The van der Waals surface area contributed by atoms with Crippen molar-refractivity contribution in [3.63, 3.8) is 0 Å². The van der Waals surface area contributed by atoms with Crippen molar-refractivity contribution in [1.29, 1.82) is 0 Å². The smallest absolute Gasteiger partial charge is 0.0721 e. The predicted octanol–water partition coefficient (Wildman–Crippen LogP) is 2.89. The highest BCUT2D eigenvalue weighted by molar-refractivity contribution is 5.00. The van der Waals surface area contributed by atoms with Gasteiger partial charge in [0, 0.05) is 0 Å². The van der Waals surface area contributed by atoms with Crippen LogP contribution in [0.3, 0.4) is 0 Å². The van der Waals surface area contributed by atoms with E-state index in [-0.39, 0.29) is 6.10 Å². The molecule has 1 fully saturated rings. The molecule has 1 saturated carbocycles. The molecular weight excluding hydrogens is 160 g/mol. The van der Waals surface area contributed by atoms with Crippen LogP contribution in [-0.2, 0) is 0 Å². The largest absolute Gasteiger partial charge is 0.389 e. The normalized spacial score (nSPS) is 36.4. The van der Waals surface area contributed by atoms with Crippen molar-refractivity contribution in [2.45, 2.75) is 51.0 Å². The lowest BCUT2D eigenvalue weighted by Crippen LogP contribution is -2.21. The van der Waals surface area contributed by atoms with Gasteiger partial charge in [-0.1, -0.05) is 31.4 Å². The Morgan fingerprint density at radius 1 is 0.846 bits per heavy atom. The van der Waals surface area contributed by atoms with Crippen LogP contribution >= 0.6 is 0 Å². The summed E-state index contributed by atoms with van der Waals surface area (Å²) in [6.45, 7) is 0. The molecule has 0 saturated heterocycles. The minimum atomic E-state index is -0.153. The molecule has 0 aromatic rings. The van der Waals surface area contributed by atoms with Crippen molar-refractivity contribution in [1.82, 2.24) is 0 Å². The molecule has 0 amide bonds. The Labute approximate surface area is 80.8 Å². The van der Waals surface area contributed by atoms with E-state index in [1.165, 1.54) is 38.5 Å². The Morgan fingerprint density at radius 2 is 1.62 bits per heavy atom. The molecule has 0 aromatic carbocycles. The molecule has 1 N–H and O–H groups in total. The van der Waals surface area contributed by atoms with Gasteiger partial charge < -0.3 is 5.11 Å². The molecule has 0 aromatic heterocycles. The Morgan fingerprint density at radius 3 is 2.23 bits per heavy atom. The zero-order valence-electron chi connectivity index (χ0n) is 8.28. The summed E-state index contributed by atoms with van der Waals surface area (Å²) in [5, 5.41) is 9.34. The fourth-order valence-corrected chi connectivity index (χ4v) is 2.78. The van der Waals surface area contributed by atoms with Gasteiger partial charge in [0.15, 0.2) is 0 Å². The van der Waals surface area contributed by atoms with E-state index >= 15 is 0 Å². The average Bonchev–Trinajstić information content (AvgIpc) is 2.20. The number of aliphatic hydroxyl groups is 1. The van der Waals surface area contributed by atoms with Crippen molar-refractivity contribution >= 4 is 0 Å². The summed E-state index contributed by atoms with van der Waals surface area (Å²) < 4.78 is 0. The van der Waals surface area contributed by atoms with Crippen LogP contribution < -0.4 is 0 Å². The molecule has 74 valence electrons. The molecule has 0 heterocycles. The fraction of sp³-hybridized carbons (Fsp3) is 0.833. The standard InChI is InChI=1S/C12H20O/c13-12-8-6-11(7-9-12)10-4-2-1-3-5-10/h6,8,10-13H,1-5,7,9H2/t11-,12-/m0/s1. The second kappa shape index (κ2) is 4.28. The van der Waals surface area contributed by atoms with E-state index in [4.69, 9.17) is 0 Å². The zero-order chi connectivity index (χ0) is 9.10. The summed E-state index contributed by atoms with van der Waals surface area (Å²) >= 11 is 0. The van der Waals surface area contributed by atoms with Crippen molar-refractivity contribution in [3.05, 3.63) is 12.2 Å². The third-order valence-corrected chi connectivity index (χ3v) is 3.63. The lowest BCUT2D eigenvalue weighted by atomic mass is 9.76. The Hall–Kier alpha value is -0.300. The summed E-state index contributed by atoms with van der Waals surface area (Å²) in [7, 11) is 0. The van der Waals surface area contributed by atoms with Crippen LogP contribution in [0, 0.1) is 11.8 Å². The highest BCUT2D eigenvalue weighted by Gasteiger charge is 2.24. The quantitative estimate of drug-likeness (QED) is 0.615. The first-order valence-electron chi connectivity index (χ1n) is 5.72. The van der Waals surface area contributed by atoms with Crippen LogP contribution in [0.2, 0.25) is 0 Å². The number of allylic oxidation sites excluding steroid dienone is 1. The number of hydrogen-bond acceptors (Lipinski definition) is 1. The number of hydrogen-bond donors (Lipinski definition) is 1. The maximum atomic E-state index is 9.34. The van der Waals surface area contributed by atoms with Crippen LogP contribution in [-0.4, -0.2) is 11.2 Å². The van der Waals surface area contributed by atoms with Crippen molar-refractivity contribution in [3.8, 4) is 0 Å². The molecule has 0 spiro atoms. The minimum absolute atomic E-state index is 0.153. The van der Waals surface area contributed by atoms with Crippen LogP contribution in [0.25, 0.3) is 0 Å². The molecule has 2 rings (SSSR count). The molecule has 0 aliphatic heterocycles. The number of rotatable bonds is 1. The van der Waals surface area contributed by atoms with E-state index in [9.17, 15) is 5.11 Å². The van der Waals surface area contributed by atoms with Gasteiger partial charge in [-0.05, 0) is 37.5 Å². The highest BCUT2D eigenvalue weighted by atomic mass is 16.3. The highest BCUT2D eigenvalue weighted by Crippen LogP contribution is 2.35. The molecule has 2 aliphatic rings. The maximum absolute atomic E-state index is 9.34. The molecule has 0 radical (unpaired) electrons. The second-order valence-corrected chi connectivity index (χ2v) is 4.59. The fourth-order valence-electron chi connectivity index (χ4n) is 2.78. The van der Waals surface area contributed by atoms with Gasteiger partial charge in [-0.15, -0.1) is 0 Å². The monoisotopic (exact) mass is 180 g/mol. The molecule has 1 heteroatoms. The third kappa shape index (κ3) is 2.34. The maximum Gasteiger partial charge on any atom is 0.0721 e. The van der Waals surface area contributed by atoms with Gasteiger partial charge in [-0.3, -0.25) is 0 Å². The molecule has 2 aliphatic carbocycles. The van der Waals surface area contributed by atoms with Gasteiger partial charge in [-0.2, -0.15) is 0 Å². The van der Waals surface area contributed by atoms with Crippen LogP contribution in [0.15, 0.2) is 12.2 Å². The van der Waals surface area contributed by atoms with E-state index < -0.39 is 0 Å². The zero-order valence-corrected chi connectivity index (χ0v) is 8.28. The Kier molecular flexibility index (Phi) is 3.05. The average molecular weight is 180 g/mol. The van der Waals surface area contributed by atoms with Gasteiger partial charge in [0.1, 0.15) is 0 Å². The summed E-state index contributed by atoms with van der Waals surface area (Å²) in [5.41, 5.74) is 0. The van der Waals surface area contributed by atoms with E-state index in [2.05, 4.69) is 6.08 Å². The first kappa shape index (κ1) is 9.26. The van der Waals surface area contributed by atoms with Crippen LogP contribution in [0.1, 0.15) is 44.9 Å². The first-order chi connectivity index (χ1) is 6.36. The van der Waals surface area contributed by atoms with E-state index in [0.29, 0.717) is 0 Å². The molecule has 13 heavy (non-hydrogen) atoms. The summed E-state index contributed by atoms with van der Waals surface area (Å²) in [4.78, 5) is 0. The minimum Gasteiger partial charge on any atom is -0.389 e. The summed E-state index contributed by atoms with van der Waals surface area (Å²) in [6, 6.07) is 0. The number of aliphatic hydroxyl groups excluding tert-OH is 1. The molecule has 0 unspecified atom stereocenters. The van der Waals surface area contributed by atoms with Gasteiger partial charge in [0.2, 0.25) is 0 Å². The molecule has 1 nitrogen and oxygen atoms in total. The van der Waals surface area contributed by atoms with Crippen molar-refractivity contribution in [2.24, 2.45) is 11.8 Å². The van der Waals surface area contributed by atoms with Crippen LogP contribution in [0.5, 0.6) is 0 Å². The summed E-state index contributed by atoms with van der Waals surface area (Å²) in [5.74, 6) is 1.71. The third-order valence-electron chi connectivity index (χ3n) is 3.63. The van der Waals surface area contributed by atoms with Crippen molar-refractivity contribution in [2.75, 3.05) is 0 Å². The molecule has 2 atom stereocenters. The lowest BCUT2D eigenvalue weighted by molar-refractivity contribution is 0.174.